The monoisotopic (exact) mass is 431 g/mol. The van der Waals surface area contributed by atoms with Crippen molar-refractivity contribution in [3.63, 3.8) is 0 Å². The Morgan fingerprint density at radius 3 is 1.91 bits per heavy atom. The first kappa shape index (κ1) is 21.1. The second-order valence-electron chi connectivity index (χ2n) is 8.65. The highest BCUT2D eigenvalue weighted by Gasteiger charge is 2.42. The summed E-state index contributed by atoms with van der Waals surface area (Å²) in [5, 5.41) is 0. The minimum atomic E-state index is -0.492. The van der Waals surface area contributed by atoms with Crippen molar-refractivity contribution in [1.82, 2.24) is 0 Å². The Hall–Kier alpha value is -3.76. The highest BCUT2D eigenvalue weighted by atomic mass is 16.7. The van der Waals surface area contributed by atoms with E-state index in [0.29, 0.717) is 5.76 Å². The van der Waals surface area contributed by atoms with Gasteiger partial charge in [0, 0.05) is 16.9 Å². The fraction of sp³-hybridized carbons (Fsp3) is 0.103. The number of hydrogen-bond acceptors (Lipinski definition) is 3. The molecule has 1 saturated heterocycles. The second-order valence-corrected chi connectivity index (χ2v) is 8.65. The lowest BCUT2D eigenvalue weighted by atomic mass is 9.79. The standard InChI is InChI=1S/C29H26BNO2/c1-22-29(2,3)33-30(32-22)24-18-20-26(21-19-24)31(25-14-8-5-9-15-25)28-17-11-10-16-27(28)23-12-6-4-7-13-23/h4-21H,1H2,2-3H3. The summed E-state index contributed by atoms with van der Waals surface area (Å²) in [5.41, 5.74) is 6.10. The lowest BCUT2D eigenvalue weighted by Gasteiger charge is -2.28. The van der Waals surface area contributed by atoms with Crippen LogP contribution in [0.15, 0.2) is 122 Å². The molecule has 0 N–H and O–H groups in total. The Labute approximate surface area is 196 Å². The van der Waals surface area contributed by atoms with Crippen molar-refractivity contribution >= 4 is 29.6 Å². The lowest BCUT2D eigenvalue weighted by Crippen LogP contribution is -2.34. The Morgan fingerprint density at radius 1 is 0.697 bits per heavy atom. The van der Waals surface area contributed by atoms with Gasteiger partial charge >= 0.3 is 7.12 Å². The third-order valence-corrected chi connectivity index (χ3v) is 5.99. The molecule has 4 heteroatoms. The summed E-state index contributed by atoms with van der Waals surface area (Å²) in [4.78, 5) is 2.28. The molecule has 1 heterocycles. The van der Waals surface area contributed by atoms with E-state index in [9.17, 15) is 0 Å². The van der Waals surface area contributed by atoms with Gasteiger partial charge in [0.2, 0.25) is 0 Å². The molecule has 0 unspecified atom stereocenters. The lowest BCUT2D eigenvalue weighted by molar-refractivity contribution is 0.173. The van der Waals surface area contributed by atoms with E-state index in [1.807, 2.05) is 26.0 Å². The first-order valence-electron chi connectivity index (χ1n) is 11.2. The zero-order chi connectivity index (χ0) is 22.8. The van der Waals surface area contributed by atoms with Crippen molar-refractivity contribution in [2.75, 3.05) is 4.90 Å². The third-order valence-electron chi connectivity index (χ3n) is 5.99. The number of benzene rings is 4. The van der Waals surface area contributed by atoms with Crippen LogP contribution in [0, 0.1) is 0 Å². The van der Waals surface area contributed by atoms with Gasteiger partial charge in [0.25, 0.3) is 0 Å². The Balaban J connectivity index is 1.57. The van der Waals surface area contributed by atoms with Gasteiger partial charge in [-0.2, -0.15) is 0 Å². The normalized spacial score (nSPS) is 14.7. The predicted molar refractivity (Wildman–Crippen MR) is 137 cm³/mol. The Bertz CT molecular complexity index is 1250. The average molecular weight is 431 g/mol. The van der Waals surface area contributed by atoms with Crippen LogP contribution in [-0.2, 0) is 9.31 Å². The molecule has 0 aromatic heterocycles. The third kappa shape index (κ3) is 4.18. The molecule has 0 bridgehead atoms. The van der Waals surface area contributed by atoms with Crippen LogP contribution in [0.25, 0.3) is 11.1 Å². The van der Waals surface area contributed by atoms with Gasteiger partial charge in [-0.15, -0.1) is 0 Å². The van der Waals surface area contributed by atoms with Gasteiger partial charge in [-0.25, -0.2) is 0 Å². The van der Waals surface area contributed by atoms with E-state index in [-0.39, 0.29) is 0 Å². The predicted octanol–water partition coefficient (Wildman–Crippen LogP) is 6.86. The van der Waals surface area contributed by atoms with Crippen LogP contribution in [0.2, 0.25) is 0 Å². The van der Waals surface area contributed by atoms with Crippen LogP contribution in [-0.4, -0.2) is 12.7 Å². The van der Waals surface area contributed by atoms with Crippen LogP contribution in [0.4, 0.5) is 17.1 Å². The molecule has 0 amide bonds. The van der Waals surface area contributed by atoms with Crippen LogP contribution in [0.3, 0.4) is 0 Å². The van der Waals surface area contributed by atoms with E-state index in [4.69, 9.17) is 9.31 Å². The maximum absolute atomic E-state index is 6.06. The van der Waals surface area contributed by atoms with Crippen molar-refractivity contribution < 1.29 is 9.31 Å². The quantitative estimate of drug-likeness (QED) is 0.322. The van der Waals surface area contributed by atoms with E-state index in [1.165, 1.54) is 11.1 Å². The maximum Gasteiger partial charge on any atom is 0.563 e. The molecule has 3 nitrogen and oxygen atoms in total. The topological polar surface area (TPSA) is 21.7 Å². The molecule has 0 atom stereocenters. The van der Waals surface area contributed by atoms with E-state index in [2.05, 4.69) is 109 Å². The van der Waals surface area contributed by atoms with Crippen LogP contribution < -0.4 is 10.4 Å². The number of rotatable bonds is 5. The number of anilines is 3. The van der Waals surface area contributed by atoms with Gasteiger partial charge in [0.15, 0.2) is 0 Å². The molecule has 0 radical (unpaired) electrons. The summed E-state index contributed by atoms with van der Waals surface area (Å²) in [6.07, 6.45) is 0. The smallest absolute Gasteiger partial charge is 0.534 e. The largest absolute Gasteiger partial charge is 0.563 e. The van der Waals surface area contributed by atoms with E-state index in [0.717, 1.165) is 22.5 Å². The SMILES string of the molecule is C=C1OB(c2ccc(N(c3ccccc3)c3ccccc3-c3ccccc3)cc2)OC1(C)C. The zero-order valence-electron chi connectivity index (χ0n) is 18.9. The average Bonchev–Trinajstić information content (AvgIpc) is 3.13. The van der Waals surface area contributed by atoms with Gasteiger partial charge in [-0.1, -0.05) is 85.4 Å². The maximum atomic E-state index is 6.06. The van der Waals surface area contributed by atoms with Gasteiger partial charge in [-0.05, 0) is 55.2 Å². The summed E-state index contributed by atoms with van der Waals surface area (Å²) in [6, 6.07) is 37.8. The fourth-order valence-corrected chi connectivity index (χ4v) is 4.08. The first-order valence-corrected chi connectivity index (χ1v) is 11.2. The number of nitrogens with zero attached hydrogens (tertiary/aromatic N) is 1. The summed E-state index contributed by atoms with van der Waals surface area (Å²) in [6.45, 7) is 7.94. The Morgan fingerprint density at radius 2 is 1.27 bits per heavy atom. The molecule has 4 aromatic carbocycles. The molecule has 0 aliphatic carbocycles. The van der Waals surface area contributed by atoms with Gasteiger partial charge in [0.1, 0.15) is 5.60 Å². The fourth-order valence-electron chi connectivity index (χ4n) is 4.08. The van der Waals surface area contributed by atoms with Crippen molar-refractivity contribution in [3.8, 4) is 11.1 Å². The molecule has 1 aliphatic rings. The Kier molecular flexibility index (Phi) is 5.53. The summed E-state index contributed by atoms with van der Waals surface area (Å²) >= 11 is 0. The van der Waals surface area contributed by atoms with Crippen LogP contribution in [0.1, 0.15) is 13.8 Å². The number of para-hydroxylation sites is 2. The molecule has 162 valence electrons. The second kappa shape index (κ2) is 8.65. The van der Waals surface area contributed by atoms with Crippen LogP contribution >= 0.6 is 0 Å². The summed E-state index contributed by atoms with van der Waals surface area (Å²) in [7, 11) is -0.441. The molecular formula is C29H26BNO2. The highest BCUT2D eigenvalue weighted by molar-refractivity contribution is 6.62. The van der Waals surface area contributed by atoms with Gasteiger partial charge in [-0.3, -0.25) is 0 Å². The molecular weight excluding hydrogens is 405 g/mol. The van der Waals surface area contributed by atoms with Gasteiger partial charge < -0.3 is 14.2 Å². The first-order chi connectivity index (χ1) is 16.0. The molecule has 4 aromatic rings. The molecule has 33 heavy (non-hydrogen) atoms. The van der Waals surface area contributed by atoms with Gasteiger partial charge in [0.05, 0.1) is 11.4 Å². The molecule has 1 fully saturated rings. The molecule has 0 spiro atoms. The molecule has 1 aliphatic heterocycles. The summed E-state index contributed by atoms with van der Waals surface area (Å²) < 4.78 is 11.9. The molecule has 5 rings (SSSR count). The van der Waals surface area contributed by atoms with E-state index >= 15 is 0 Å². The van der Waals surface area contributed by atoms with E-state index in [1.54, 1.807) is 0 Å². The summed E-state index contributed by atoms with van der Waals surface area (Å²) in [5.74, 6) is 0.652. The minimum absolute atomic E-state index is 0.441. The number of hydrogen-bond donors (Lipinski definition) is 0. The van der Waals surface area contributed by atoms with Crippen LogP contribution in [0.5, 0.6) is 0 Å². The van der Waals surface area contributed by atoms with Crippen molar-refractivity contribution in [2.24, 2.45) is 0 Å². The zero-order valence-corrected chi connectivity index (χ0v) is 18.9. The van der Waals surface area contributed by atoms with Crippen molar-refractivity contribution in [3.05, 3.63) is 122 Å². The van der Waals surface area contributed by atoms with E-state index < -0.39 is 12.7 Å². The minimum Gasteiger partial charge on any atom is -0.534 e. The van der Waals surface area contributed by atoms with Crippen molar-refractivity contribution in [1.29, 1.82) is 0 Å². The highest BCUT2D eigenvalue weighted by Crippen LogP contribution is 2.40. The van der Waals surface area contributed by atoms with Crippen molar-refractivity contribution in [2.45, 2.75) is 19.4 Å². The molecule has 0 saturated carbocycles.